The number of carbonyl (C=O) groups is 1. The lowest BCUT2D eigenvalue weighted by molar-refractivity contribution is -0.137. The van der Waals surface area contributed by atoms with Crippen LogP contribution in [0.4, 0.5) is 0 Å². The fraction of sp³-hybridized carbons (Fsp3) is 0.150. The number of thiophene rings is 1. The van der Waals surface area contributed by atoms with E-state index in [1.807, 2.05) is 47.8 Å². The molecule has 128 valence electrons. The highest BCUT2D eigenvalue weighted by Gasteiger charge is 2.38. The predicted molar refractivity (Wildman–Crippen MR) is 105 cm³/mol. The second-order valence-corrected chi connectivity index (χ2v) is 7.83. The van der Waals surface area contributed by atoms with Crippen LogP contribution in [-0.2, 0) is 9.54 Å². The Balaban J connectivity index is 2.16. The van der Waals surface area contributed by atoms with Crippen molar-refractivity contribution in [3.8, 4) is 0 Å². The zero-order valence-corrected chi connectivity index (χ0v) is 15.2. The summed E-state index contributed by atoms with van der Waals surface area (Å²) < 4.78 is -0.482. The maximum absolute atomic E-state index is 11.2. The summed E-state index contributed by atoms with van der Waals surface area (Å²) in [6.45, 7) is 0. The van der Waals surface area contributed by atoms with E-state index < -0.39 is 16.8 Å². The largest absolute Gasteiger partial charge is 0.480 e. The Morgan fingerprint density at radius 1 is 1.00 bits per heavy atom. The van der Waals surface area contributed by atoms with Gasteiger partial charge in [-0.2, -0.15) is 0 Å². The summed E-state index contributed by atoms with van der Waals surface area (Å²) in [5.41, 5.74) is 8.05. The Kier molecular flexibility index (Phi) is 5.58. The van der Waals surface area contributed by atoms with Crippen molar-refractivity contribution < 1.29 is 9.90 Å². The summed E-state index contributed by atoms with van der Waals surface area (Å²) in [7, 11) is 0. The van der Waals surface area contributed by atoms with Crippen LogP contribution in [0.25, 0.3) is 0 Å². The third kappa shape index (κ3) is 3.63. The monoisotopic (exact) mass is 369 g/mol. The van der Waals surface area contributed by atoms with Crippen LogP contribution in [0.3, 0.4) is 0 Å². The van der Waals surface area contributed by atoms with E-state index in [-0.39, 0.29) is 0 Å². The maximum Gasteiger partial charge on any atom is 0.321 e. The number of thioether (sulfide) groups is 1. The summed E-state index contributed by atoms with van der Waals surface area (Å²) in [5.74, 6) is -0.662. The lowest BCUT2D eigenvalue weighted by Gasteiger charge is -2.34. The molecule has 0 aliphatic rings. The van der Waals surface area contributed by atoms with Crippen LogP contribution in [0.15, 0.2) is 78.2 Å². The number of hydrogen-bond donors (Lipinski definition) is 2. The fourth-order valence-electron chi connectivity index (χ4n) is 2.80. The molecule has 5 heteroatoms. The maximum atomic E-state index is 11.2. The van der Waals surface area contributed by atoms with Gasteiger partial charge in [0.05, 0.1) is 4.75 Å². The molecule has 0 aliphatic carbocycles. The molecule has 1 aromatic heterocycles. The van der Waals surface area contributed by atoms with Gasteiger partial charge < -0.3 is 10.8 Å². The van der Waals surface area contributed by atoms with Gasteiger partial charge in [0.1, 0.15) is 6.04 Å². The molecule has 3 rings (SSSR count). The third-order valence-electron chi connectivity index (χ3n) is 4.03. The molecule has 0 radical (unpaired) electrons. The number of nitrogens with two attached hydrogens (primary N) is 1. The van der Waals surface area contributed by atoms with Crippen molar-refractivity contribution in [2.75, 3.05) is 5.75 Å². The Hall–Kier alpha value is -2.08. The second-order valence-electron chi connectivity index (χ2n) is 5.65. The van der Waals surface area contributed by atoms with Crippen molar-refractivity contribution in [3.63, 3.8) is 0 Å². The van der Waals surface area contributed by atoms with E-state index in [0.29, 0.717) is 5.75 Å². The van der Waals surface area contributed by atoms with Crippen molar-refractivity contribution in [3.05, 3.63) is 94.2 Å². The first-order valence-corrected chi connectivity index (χ1v) is 9.78. The molecule has 0 fully saturated rings. The van der Waals surface area contributed by atoms with E-state index in [0.717, 1.165) is 16.0 Å². The van der Waals surface area contributed by atoms with Crippen LogP contribution in [0.5, 0.6) is 0 Å². The Morgan fingerprint density at radius 2 is 1.56 bits per heavy atom. The minimum atomic E-state index is -0.978. The molecule has 0 spiro atoms. The highest BCUT2D eigenvalue weighted by Crippen LogP contribution is 2.50. The Morgan fingerprint density at radius 3 is 2.00 bits per heavy atom. The van der Waals surface area contributed by atoms with Crippen LogP contribution in [0, 0.1) is 0 Å². The SMILES string of the molecule is NC(CSC(c1ccccc1)(c1ccccc1)c1cccs1)C(=O)O. The molecular weight excluding hydrogens is 350 g/mol. The molecule has 3 aromatic rings. The van der Waals surface area contributed by atoms with Crippen LogP contribution in [-0.4, -0.2) is 22.9 Å². The van der Waals surface area contributed by atoms with E-state index in [1.54, 1.807) is 23.1 Å². The fourth-order valence-corrected chi connectivity index (χ4v) is 5.37. The van der Waals surface area contributed by atoms with Gasteiger partial charge in [0.2, 0.25) is 0 Å². The molecule has 0 saturated heterocycles. The van der Waals surface area contributed by atoms with Crippen LogP contribution in [0.1, 0.15) is 16.0 Å². The predicted octanol–water partition coefficient (Wildman–Crippen LogP) is 4.19. The van der Waals surface area contributed by atoms with Crippen LogP contribution in [0.2, 0.25) is 0 Å². The normalized spacial score (nSPS) is 12.7. The van der Waals surface area contributed by atoms with E-state index >= 15 is 0 Å². The number of carboxylic acid groups (broad SMARTS) is 1. The molecule has 1 atom stereocenters. The molecule has 3 N–H and O–H groups in total. The highest BCUT2D eigenvalue weighted by molar-refractivity contribution is 8.00. The van der Waals surface area contributed by atoms with Crippen molar-refractivity contribution in [2.24, 2.45) is 5.73 Å². The van der Waals surface area contributed by atoms with Gasteiger partial charge in [0.15, 0.2) is 0 Å². The number of carboxylic acids is 1. The first kappa shape index (κ1) is 17.7. The van der Waals surface area contributed by atoms with Crippen LogP contribution >= 0.6 is 23.1 Å². The lowest BCUT2D eigenvalue weighted by Crippen LogP contribution is -2.35. The summed E-state index contributed by atoms with van der Waals surface area (Å²) in [6.07, 6.45) is 0. The zero-order valence-electron chi connectivity index (χ0n) is 13.5. The molecular formula is C20H19NO2S2. The molecule has 0 bridgehead atoms. The second kappa shape index (κ2) is 7.87. The van der Waals surface area contributed by atoms with Gasteiger partial charge in [-0.1, -0.05) is 66.7 Å². The van der Waals surface area contributed by atoms with Crippen LogP contribution < -0.4 is 5.73 Å². The molecule has 0 saturated carbocycles. The van der Waals surface area contributed by atoms with Crippen molar-refractivity contribution in [1.29, 1.82) is 0 Å². The zero-order chi connectivity index (χ0) is 17.7. The number of aliphatic carboxylic acids is 1. The highest BCUT2D eigenvalue weighted by atomic mass is 32.2. The standard InChI is InChI=1S/C20H19NO2S2/c21-17(19(22)23)14-25-20(18-12-7-13-24-18,15-8-3-1-4-9-15)16-10-5-2-6-11-16/h1-13,17H,14,21H2,(H,22,23). The molecule has 0 aliphatic heterocycles. The average molecular weight is 370 g/mol. The van der Waals surface area contributed by atoms with E-state index in [2.05, 4.69) is 30.3 Å². The summed E-state index contributed by atoms with van der Waals surface area (Å²) in [4.78, 5) is 12.4. The van der Waals surface area contributed by atoms with Gasteiger partial charge >= 0.3 is 5.97 Å². The van der Waals surface area contributed by atoms with Gasteiger partial charge in [0, 0.05) is 10.6 Å². The summed E-state index contributed by atoms with van der Waals surface area (Å²) >= 11 is 3.24. The molecule has 25 heavy (non-hydrogen) atoms. The molecule has 0 amide bonds. The third-order valence-corrected chi connectivity index (χ3v) is 6.79. The summed E-state index contributed by atoms with van der Waals surface area (Å²) in [6, 6.07) is 23.6. The minimum Gasteiger partial charge on any atom is -0.480 e. The smallest absolute Gasteiger partial charge is 0.321 e. The van der Waals surface area contributed by atoms with Gasteiger partial charge in [-0.25, -0.2) is 0 Å². The van der Waals surface area contributed by atoms with Crippen molar-refractivity contribution in [2.45, 2.75) is 10.8 Å². The topological polar surface area (TPSA) is 63.3 Å². The average Bonchev–Trinajstić information content (AvgIpc) is 3.19. The van der Waals surface area contributed by atoms with E-state index in [1.165, 1.54) is 0 Å². The molecule has 3 nitrogen and oxygen atoms in total. The first-order valence-electron chi connectivity index (χ1n) is 7.92. The van der Waals surface area contributed by atoms with Gasteiger partial charge in [0.25, 0.3) is 0 Å². The van der Waals surface area contributed by atoms with Gasteiger partial charge in [-0.05, 0) is 22.6 Å². The van der Waals surface area contributed by atoms with Crippen molar-refractivity contribution >= 4 is 29.1 Å². The Labute approximate surface area is 155 Å². The number of benzene rings is 2. The molecule has 1 unspecified atom stereocenters. The first-order chi connectivity index (χ1) is 12.1. The van der Waals surface area contributed by atoms with E-state index in [4.69, 9.17) is 5.73 Å². The van der Waals surface area contributed by atoms with E-state index in [9.17, 15) is 9.90 Å². The number of hydrogen-bond acceptors (Lipinski definition) is 4. The summed E-state index contributed by atoms with van der Waals surface area (Å²) in [5, 5.41) is 11.3. The lowest BCUT2D eigenvalue weighted by atomic mass is 9.89. The quantitative estimate of drug-likeness (QED) is 0.656. The molecule has 1 heterocycles. The van der Waals surface area contributed by atoms with Crippen molar-refractivity contribution in [1.82, 2.24) is 0 Å². The number of rotatable bonds is 7. The van der Waals surface area contributed by atoms with Gasteiger partial charge in [-0.3, -0.25) is 4.79 Å². The minimum absolute atomic E-state index is 0.316. The van der Waals surface area contributed by atoms with Gasteiger partial charge in [-0.15, -0.1) is 23.1 Å². The molecule has 2 aromatic carbocycles. The Bertz CT molecular complexity index is 765.